The van der Waals surface area contributed by atoms with E-state index in [1.165, 1.54) is 55.2 Å². The average Bonchev–Trinajstić information content (AvgIpc) is 1.57. The van der Waals surface area contributed by atoms with Crippen LogP contribution in [0.15, 0.2) is 495 Å². The molecule has 1 unspecified atom stereocenters. The second-order valence-corrected chi connectivity index (χ2v) is 35.1. The van der Waals surface area contributed by atoms with Crippen molar-refractivity contribution in [1.82, 2.24) is 43.6 Å². The molecule has 0 bridgehead atoms. The number of hydrogen-bond donors (Lipinski definition) is 0. The minimum Gasteiger partial charge on any atom is -0.455 e. The van der Waals surface area contributed by atoms with Crippen LogP contribution in [0.2, 0.25) is 0 Å². The van der Waals surface area contributed by atoms with E-state index in [1.54, 1.807) is 12.4 Å². The van der Waals surface area contributed by atoms with Crippen LogP contribution in [0.1, 0.15) is 22.6 Å². The number of furan rings is 2. The van der Waals surface area contributed by atoms with Gasteiger partial charge in [-0.05, 0) is 189 Å². The highest BCUT2D eigenvalue weighted by Gasteiger charge is 2.34. The first-order valence-electron chi connectivity index (χ1n) is 46.6. The van der Waals surface area contributed by atoms with Gasteiger partial charge in [-0.1, -0.05) is 340 Å². The lowest BCUT2D eigenvalue weighted by Gasteiger charge is -2.16. The monoisotopic (exact) mass is 1760 g/mol. The standard InChI is InChI=1S/C46H29N3O.C41H27N3.C40H25N3O/c1-4-13-30(14-5-1)39-29-40(31-15-6-2-7-16-31)48-46(47-39)34-18-12-17-32(27-34)33-23-24-38-42(28-33)49(35-19-8-3-9-20-35)41-26-25-37-36-21-10-11-22-43(36)50-45(37)44(38)41;1-3-10-28(11-4-1)38-33-15-8-7-14-32(33)34-22-23-36-39(40(34)38)35-21-20-30(26-37(35)44(36)31-12-5-2-6-13-31)27-16-18-29(19-17-27)41-42-24-9-25-43-41;1-3-10-26(11-4-1)34-22-23-41-40(42-34)29-13-9-12-27(24-29)28-18-19-33-36(25-28)43(30-14-5-2-6-15-30)35-21-20-32-31-16-7-8-17-37(31)44-39(32)38(33)35/h1-29H;1-26,38H;1-25H. The van der Waals surface area contributed by atoms with E-state index in [-0.39, 0.29) is 5.92 Å². The first-order valence-corrected chi connectivity index (χ1v) is 46.6. The van der Waals surface area contributed by atoms with E-state index >= 15 is 0 Å². The minimum atomic E-state index is 0.174. The van der Waals surface area contributed by atoms with Gasteiger partial charge in [0.05, 0.1) is 61.0 Å². The van der Waals surface area contributed by atoms with E-state index in [2.05, 4.69) is 405 Å². The van der Waals surface area contributed by atoms with Crippen molar-refractivity contribution in [2.75, 3.05) is 0 Å². The van der Waals surface area contributed by atoms with Gasteiger partial charge in [-0.25, -0.2) is 29.9 Å². The van der Waals surface area contributed by atoms with Gasteiger partial charge in [0, 0.05) is 118 Å². The number of rotatable bonds is 13. The second kappa shape index (κ2) is 33.9. The molecule has 1 atom stereocenters. The molecule has 0 fully saturated rings. The lowest BCUT2D eigenvalue weighted by atomic mass is 9.87. The van der Waals surface area contributed by atoms with E-state index in [0.717, 1.165) is 189 Å². The van der Waals surface area contributed by atoms with Crippen molar-refractivity contribution in [1.29, 1.82) is 0 Å². The Balaban J connectivity index is 0.000000107. The normalized spacial score (nSPS) is 12.3. The fourth-order valence-electron chi connectivity index (χ4n) is 20.8. The van der Waals surface area contributed by atoms with Crippen molar-refractivity contribution in [3.63, 3.8) is 0 Å². The summed E-state index contributed by atoms with van der Waals surface area (Å²) in [6.07, 6.45) is 5.40. The summed E-state index contributed by atoms with van der Waals surface area (Å²) in [6.45, 7) is 0. The van der Waals surface area contributed by atoms with E-state index in [9.17, 15) is 0 Å². The summed E-state index contributed by atoms with van der Waals surface area (Å²) < 4.78 is 20.2. The van der Waals surface area contributed by atoms with Gasteiger partial charge in [0.25, 0.3) is 0 Å². The fourth-order valence-corrected chi connectivity index (χ4v) is 20.8. The Morgan fingerprint density at radius 3 is 1.09 bits per heavy atom. The zero-order valence-corrected chi connectivity index (χ0v) is 74.6. The maximum absolute atomic E-state index is 6.56. The SMILES string of the molecule is c1ccc(-c2cc(-c3ccccc3)nc(-c3cccc(-c4ccc5c6c7oc8ccccc8c7ccc6n(-c6ccccc6)c5c4)c3)n2)cc1.c1ccc(-c2ccnc(-c3cccc(-c4ccc5c6c7oc8ccccc8c7ccc6n(-c6ccccc6)c5c4)c3)n2)cc1.c1ccc(C2c3ccccc3-c3ccc4c(c32)c2ccc(-c3ccc(-c5ncccn5)cc3)cc2n4-c2ccccc2)cc1. The van der Waals surface area contributed by atoms with Gasteiger partial charge in [-0.2, -0.15) is 0 Å². The van der Waals surface area contributed by atoms with Crippen LogP contribution < -0.4 is 0 Å². The number of hydrogen-bond acceptors (Lipinski definition) is 8. The summed E-state index contributed by atoms with van der Waals surface area (Å²) in [6, 6.07) is 165. The molecule has 0 saturated heterocycles. The Morgan fingerprint density at radius 2 is 0.572 bits per heavy atom. The van der Waals surface area contributed by atoms with Crippen LogP contribution in [0.25, 0.3) is 239 Å². The Hall–Kier alpha value is -18.6. The molecule has 0 saturated carbocycles. The van der Waals surface area contributed by atoms with E-state index in [0.29, 0.717) is 11.6 Å². The first kappa shape index (κ1) is 80.3. The Labute approximate surface area is 794 Å². The van der Waals surface area contributed by atoms with Gasteiger partial charge in [-0.3, -0.25) is 0 Å². The van der Waals surface area contributed by atoms with Crippen LogP contribution in [-0.4, -0.2) is 43.6 Å². The van der Waals surface area contributed by atoms with Crippen LogP contribution >= 0.6 is 0 Å². The maximum atomic E-state index is 6.56. The molecule has 0 radical (unpaired) electrons. The summed E-state index contributed by atoms with van der Waals surface area (Å²) >= 11 is 0. The molecule has 138 heavy (non-hydrogen) atoms. The van der Waals surface area contributed by atoms with Gasteiger partial charge in [0.1, 0.15) is 22.3 Å². The Kier molecular flexibility index (Phi) is 19.7. The highest BCUT2D eigenvalue weighted by atomic mass is 16.3. The third-order valence-electron chi connectivity index (χ3n) is 27.1. The molecular formula is C127H81N9O2. The van der Waals surface area contributed by atoms with Gasteiger partial charge in [-0.15, -0.1) is 0 Å². The molecule has 27 aromatic rings. The lowest BCUT2D eigenvalue weighted by molar-refractivity contribution is 0.672. The predicted molar refractivity (Wildman–Crippen MR) is 565 cm³/mol. The Morgan fingerprint density at radius 1 is 0.203 bits per heavy atom. The summed E-state index contributed by atoms with van der Waals surface area (Å²) in [5.74, 6) is 2.31. The van der Waals surface area contributed by atoms with Gasteiger partial charge >= 0.3 is 0 Å². The summed E-state index contributed by atoms with van der Waals surface area (Å²) in [5.41, 5.74) is 36.3. The van der Waals surface area contributed by atoms with Gasteiger partial charge in [0.2, 0.25) is 0 Å². The summed E-state index contributed by atoms with van der Waals surface area (Å²) in [7, 11) is 0. The van der Waals surface area contributed by atoms with E-state index < -0.39 is 0 Å². The number of benzene rings is 19. The molecule has 28 rings (SSSR count). The van der Waals surface area contributed by atoms with Crippen molar-refractivity contribution in [3.05, 3.63) is 502 Å². The van der Waals surface area contributed by atoms with Gasteiger partial charge < -0.3 is 22.5 Å². The van der Waals surface area contributed by atoms with Crippen molar-refractivity contribution in [3.8, 4) is 130 Å². The molecule has 11 heteroatoms. The van der Waals surface area contributed by atoms with Crippen LogP contribution in [0.4, 0.5) is 0 Å². The molecule has 1 aliphatic carbocycles. The zero-order valence-electron chi connectivity index (χ0n) is 74.6. The number of fused-ring (bicyclic) bond motifs is 21. The molecule has 0 amide bonds. The largest absolute Gasteiger partial charge is 0.455 e. The molecule has 8 aromatic heterocycles. The second-order valence-electron chi connectivity index (χ2n) is 35.1. The molecular weight excluding hydrogens is 1680 g/mol. The number of aromatic nitrogens is 9. The molecule has 0 N–H and O–H groups in total. The predicted octanol–water partition coefficient (Wildman–Crippen LogP) is 32.7. The highest BCUT2D eigenvalue weighted by molar-refractivity contribution is 6.26. The summed E-state index contributed by atoms with van der Waals surface area (Å²) in [5, 5.41) is 11.7. The minimum absolute atomic E-state index is 0.174. The zero-order chi connectivity index (χ0) is 91.1. The molecule has 8 heterocycles. The third-order valence-corrected chi connectivity index (χ3v) is 27.1. The van der Waals surface area contributed by atoms with Gasteiger partial charge in [0.15, 0.2) is 17.5 Å². The van der Waals surface area contributed by atoms with Crippen LogP contribution in [0.5, 0.6) is 0 Å². The van der Waals surface area contributed by atoms with E-state index in [4.69, 9.17) is 23.8 Å². The van der Waals surface area contributed by atoms with Crippen LogP contribution in [0, 0.1) is 0 Å². The third kappa shape index (κ3) is 14.1. The molecule has 0 aliphatic heterocycles. The summed E-state index contributed by atoms with van der Waals surface area (Å²) in [4.78, 5) is 28.5. The quantitative estimate of drug-likeness (QED) is 0.112. The van der Waals surface area contributed by atoms with Crippen LogP contribution in [0.3, 0.4) is 0 Å². The molecule has 0 spiro atoms. The average molecular weight is 1770 g/mol. The van der Waals surface area contributed by atoms with Crippen LogP contribution in [-0.2, 0) is 0 Å². The van der Waals surface area contributed by atoms with Crippen molar-refractivity contribution < 1.29 is 8.83 Å². The highest BCUT2D eigenvalue weighted by Crippen LogP contribution is 2.54. The number of para-hydroxylation sites is 5. The van der Waals surface area contributed by atoms with Crippen molar-refractivity contribution in [2.24, 2.45) is 0 Å². The van der Waals surface area contributed by atoms with E-state index in [1.807, 2.05) is 97.2 Å². The van der Waals surface area contributed by atoms with Crippen molar-refractivity contribution >= 4 is 109 Å². The van der Waals surface area contributed by atoms with Crippen molar-refractivity contribution in [2.45, 2.75) is 5.92 Å². The lowest BCUT2D eigenvalue weighted by Crippen LogP contribution is -2.00. The topological polar surface area (TPSA) is 118 Å². The fraction of sp³-hybridized carbons (Fsp3) is 0.00787. The molecule has 19 aromatic carbocycles. The molecule has 646 valence electrons. The Bertz CT molecular complexity index is 9310. The molecule has 11 nitrogen and oxygen atoms in total. The maximum Gasteiger partial charge on any atom is 0.160 e. The first-order chi connectivity index (χ1) is 68.4. The molecule has 1 aliphatic rings. The number of nitrogens with zero attached hydrogens (tertiary/aromatic N) is 9. The smallest absolute Gasteiger partial charge is 0.160 e.